The summed E-state index contributed by atoms with van der Waals surface area (Å²) in [5.41, 5.74) is -1.28. The van der Waals surface area contributed by atoms with Gasteiger partial charge >= 0.3 is 5.97 Å². The van der Waals surface area contributed by atoms with E-state index in [4.69, 9.17) is 34.8 Å². The van der Waals surface area contributed by atoms with Crippen molar-refractivity contribution >= 4 is 5.97 Å². The van der Waals surface area contributed by atoms with Crippen molar-refractivity contribution in [3.05, 3.63) is 0 Å². The van der Waals surface area contributed by atoms with E-state index in [1.54, 1.807) is 6.92 Å². The number of carbonyl (C=O) groups is 1. The lowest BCUT2D eigenvalue weighted by Gasteiger charge is -2.44. The van der Waals surface area contributed by atoms with Crippen molar-refractivity contribution in [2.75, 3.05) is 13.2 Å². The summed E-state index contributed by atoms with van der Waals surface area (Å²) in [6, 6.07) is 0. The Bertz CT molecular complexity index is 593. The Labute approximate surface area is 154 Å². The maximum atomic E-state index is 12.7. The van der Waals surface area contributed by atoms with E-state index in [2.05, 4.69) is 5.92 Å². The first-order valence-corrected chi connectivity index (χ1v) is 9.07. The Balaban J connectivity index is 1.92. The number of rotatable bonds is 4. The van der Waals surface area contributed by atoms with Gasteiger partial charge in [0.25, 0.3) is 0 Å². The summed E-state index contributed by atoms with van der Waals surface area (Å²) in [6.45, 7) is 9.68. The van der Waals surface area contributed by atoms with Crippen LogP contribution in [0.2, 0.25) is 0 Å². The molecule has 7 nitrogen and oxygen atoms in total. The van der Waals surface area contributed by atoms with E-state index >= 15 is 0 Å². The summed E-state index contributed by atoms with van der Waals surface area (Å²) in [5, 5.41) is 0. The molecule has 0 radical (unpaired) electrons. The monoisotopic (exact) mass is 368 g/mol. The summed E-state index contributed by atoms with van der Waals surface area (Å²) in [7, 11) is 0. The fraction of sp³-hybridized carbons (Fsp3) is 0.842. The van der Waals surface area contributed by atoms with Gasteiger partial charge in [-0.25, -0.2) is 4.79 Å². The third kappa shape index (κ3) is 3.62. The molecule has 0 saturated carbocycles. The maximum absolute atomic E-state index is 12.7. The second-order valence-electron chi connectivity index (χ2n) is 7.89. The second kappa shape index (κ2) is 6.77. The van der Waals surface area contributed by atoms with E-state index < -0.39 is 35.4 Å². The number of ether oxygens (including phenoxy) is 6. The Kier molecular flexibility index (Phi) is 5.10. The van der Waals surface area contributed by atoms with Crippen LogP contribution >= 0.6 is 0 Å². The molecular formula is C19H28O7. The van der Waals surface area contributed by atoms with Crippen molar-refractivity contribution < 1.29 is 33.2 Å². The molecule has 3 fully saturated rings. The van der Waals surface area contributed by atoms with Crippen molar-refractivity contribution in [2.45, 2.75) is 89.1 Å². The standard InChI is InChI=1S/C19H28O7/c1-7-9-19(16(20)21-8-2)10-12-14(25-18(5,6)23-12)15(26-19)13-11-22-17(3,4)24-13/h1,12-15H,8-11H2,2-6H3/t12-,13-,14-,15-,19+/m1/s1. The molecule has 0 spiro atoms. The molecule has 0 amide bonds. The van der Waals surface area contributed by atoms with Gasteiger partial charge in [0.15, 0.2) is 17.2 Å². The third-order valence-corrected chi connectivity index (χ3v) is 4.87. The van der Waals surface area contributed by atoms with Gasteiger partial charge in [0.05, 0.1) is 19.3 Å². The molecule has 3 rings (SSSR count). The summed E-state index contributed by atoms with van der Waals surface area (Å²) < 4.78 is 35.3. The molecule has 146 valence electrons. The Morgan fingerprint density at radius 2 is 1.73 bits per heavy atom. The smallest absolute Gasteiger partial charge is 0.339 e. The van der Waals surface area contributed by atoms with Crippen LogP contribution in [0, 0.1) is 12.3 Å². The summed E-state index contributed by atoms with van der Waals surface area (Å²) in [5.74, 6) is 0.560. The molecule has 3 aliphatic heterocycles. The predicted molar refractivity (Wildman–Crippen MR) is 91.0 cm³/mol. The number of hydrogen-bond donors (Lipinski definition) is 0. The van der Waals surface area contributed by atoms with Gasteiger partial charge in [-0.2, -0.15) is 0 Å². The van der Waals surface area contributed by atoms with Crippen molar-refractivity contribution in [1.82, 2.24) is 0 Å². The minimum atomic E-state index is -1.28. The maximum Gasteiger partial charge on any atom is 0.339 e. The van der Waals surface area contributed by atoms with Crippen LogP contribution in [0.3, 0.4) is 0 Å². The molecule has 0 aromatic heterocycles. The molecule has 3 saturated heterocycles. The van der Waals surface area contributed by atoms with Crippen molar-refractivity contribution in [2.24, 2.45) is 0 Å². The van der Waals surface area contributed by atoms with Gasteiger partial charge in [0, 0.05) is 12.8 Å². The molecule has 0 aliphatic carbocycles. The quantitative estimate of drug-likeness (QED) is 0.553. The average Bonchev–Trinajstić information content (AvgIpc) is 3.04. The number of carbonyl (C=O) groups excluding carboxylic acids is 1. The number of fused-ring (bicyclic) bond motifs is 1. The Hall–Kier alpha value is -1.17. The molecular weight excluding hydrogens is 340 g/mol. The van der Waals surface area contributed by atoms with E-state index in [9.17, 15) is 4.79 Å². The minimum Gasteiger partial charge on any atom is -0.464 e. The predicted octanol–water partition coefficient (Wildman–Crippen LogP) is 1.77. The van der Waals surface area contributed by atoms with Crippen molar-refractivity contribution in [3.8, 4) is 12.3 Å². The average molecular weight is 368 g/mol. The summed E-state index contributed by atoms with van der Waals surface area (Å²) >= 11 is 0. The summed E-state index contributed by atoms with van der Waals surface area (Å²) in [6.07, 6.45) is 4.21. The van der Waals surface area contributed by atoms with E-state index in [0.29, 0.717) is 6.61 Å². The van der Waals surface area contributed by atoms with E-state index in [0.717, 1.165) is 0 Å². The van der Waals surface area contributed by atoms with Crippen LogP contribution in [0.4, 0.5) is 0 Å². The first kappa shape index (κ1) is 19.6. The van der Waals surface area contributed by atoms with Gasteiger partial charge < -0.3 is 28.4 Å². The molecule has 0 aromatic carbocycles. The zero-order chi connectivity index (χ0) is 19.2. The Morgan fingerprint density at radius 1 is 1.08 bits per heavy atom. The van der Waals surface area contributed by atoms with E-state index in [-0.39, 0.29) is 31.7 Å². The fourth-order valence-electron chi connectivity index (χ4n) is 3.91. The van der Waals surface area contributed by atoms with Crippen molar-refractivity contribution in [1.29, 1.82) is 0 Å². The lowest BCUT2D eigenvalue weighted by atomic mass is 9.84. The highest BCUT2D eigenvalue weighted by atomic mass is 16.8. The van der Waals surface area contributed by atoms with Crippen LogP contribution in [0.5, 0.6) is 0 Å². The van der Waals surface area contributed by atoms with Crippen molar-refractivity contribution in [3.63, 3.8) is 0 Å². The van der Waals surface area contributed by atoms with Crippen LogP contribution in [0.15, 0.2) is 0 Å². The highest BCUT2D eigenvalue weighted by Crippen LogP contribution is 2.45. The van der Waals surface area contributed by atoms with Gasteiger partial charge in [-0.15, -0.1) is 12.3 Å². The number of esters is 1. The zero-order valence-electron chi connectivity index (χ0n) is 16.1. The van der Waals surface area contributed by atoms with Gasteiger partial charge in [-0.05, 0) is 34.6 Å². The van der Waals surface area contributed by atoms with Crippen LogP contribution in [-0.2, 0) is 33.2 Å². The summed E-state index contributed by atoms with van der Waals surface area (Å²) in [4.78, 5) is 12.7. The lowest BCUT2D eigenvalue weighted by Crippen LogP contribution is -2.61. The molecule has 3 heterocycles. The molecule has 0 N–H and O–H groups in total. The van der Waals surface area contributed by atoms with Gasteiger partial charge in [0.1, 0.15) is 18.3 Å². The zero-order valence-corrected chi connectivity index (χ0v) is 16.1. The number of terminal acetylenes is 1. The normalized spacial score (nSPS) is 40.6. The largest absolute Gasteiger partial charge is 0.464 e. The van der Waals surface area contributed by atoms with Crippen LogP contribution < -0.4 is 0 Å². The molecule has 3 aliphatic rings. The van der Waals surface area contributed by atoms with Crippen LogP contribution in [0.25, 0.3) is 0 Å². The highest BCUT2D eigenvalue weighted by Gasteiger charge is 2.61. The molecule has 0 aromatic rings. The minimum absolute atomic E-state index is 0.0896. The molecule has 7 heteroatoms. The second-order valence-corrected chi connectivity index (χ2v) is 7.89. The first-order chi connectivity index (χ1) is 12.1. The molecule has 0 unspecified atom stereocenters. The fourth-order valence-corrected chi connectivity index (χ4v) is 3.91. The molecule has 26 heavy (non-hydrogen) atoms. The Morgan fingerprint density at radius 3 is 2.31 bits per heavy atom. The third-order valence-electron chi connectivity index (χ3n) is 4.87. The topological polar surface area (TPSA) is 72.5 Å². The molecule has 5 atom stereocenters. The van der Waals surface area contributed by atoms with E-state index in [1.165, 1.54) is 0 Å². The number of hydrogen-bond acceptors (Lipinski definition) is 7. The highest BCUT2D eigenvalue weighted by molar-refractivity contribution is 5.80. The first-order valence-electron chi connectivity index (χ1n) is 9.07. The lowest BCUT2D eigenvalue weighted by molar-refractivity contribution is -0.237. The van der Waals surface area contributed by atoms with Gasteiger partial charge in [-0.1, -0.05) is 0 Å². The van der Waals surface area contributed by atoms with E-state index in [1.807, 2.05) is 27.7 Å². The molecule has 0 bridgehead atoms. The van der Waals surface area contributed by atoms with Crippen LogP contribution in [0.1, 0.15) is 47.5 Å². The SMILES string of the molecule is C#CC[C@@]1(C(=O)OCC)C[C@H]2OC(C)(C)O[C@H]2[C@@H]([C@H]2COC(C)(C)O2)O1. The van der Waals surface area contributed by atoms with Gasteiger partial charge in [0.2, 0.25) is 0 Å². The van der Waals surface area contributed by atoms with Crippen LogP contribution in [-0.4, -0.2) is 60.8 Å². The van der Waals surface area contributed by atoms with Gasteiger partial charge in [-0.3, -0.25) is 0 Å².